The van der Waals surface area contributed by atoms with Crippen molar-refractivity contribution in [1.82, 2.24) is 0 Å². The topological polar surface area (TPSA) is 0 Å². The second-order valence-corrected chi connectivity index (χ2v) is 25.2. The van der Waals surface area contributed by atoms with E-state index >= 15 is 0 Å². The van der Waals surface area contributed by atoms with Crippen LogP contribution in [0.25, 0.3) is 0 Å². The fourth-order valence-corrected chi connectivity index (χ4v) is 18.4. The Hall–Kier alpha value is -0.738. The molecule has 0 fully saturated rings. The van der Waals surface area contributed by atoms with Crippen LogP contribution in [-0.2, 0) is 43.4 Å². The van der Waals surface area contributed by atoms with Gasteiger partial charge in [0.05, 0.1) is 16.1 Å². The first kappa shape index (κ1) is 61.3. The average molecular weight is 781 g/mol. The van der Waals surface area contributed by atoms with Crippen molar-refractivity contribution < 1.29 is 43.4 Å². The van der Waals surface area contributed by atoms with Crippen molar-refractivity contribution in [2.75, 3.05) is 0 Å². The molecular formula is C46H76Si2Ti2. The smallest absolute Gasteiger partial charge is 0.358 e. The summed E-state index contributed by atoms with van der Waals surface area (Å²) in [6.45, 7) is 35.6. The van der Waals surface area contributed by atoms with Crippen molar-refractivity contribution in [3.8, 4) is 0 Å². The van der Waals surface area contributed by atoms with E-state index in [0.717, 1.165) is 5.54 Å². The van der Waals surface area contributed by atoms with Gasteiger partial charge in [0, 0.05) is 0 Å². The Bertz CT molecular complexity index is 1410. The third-order valence-corrected chi connectivity index (χ3v) is 26.0. The van der Waals surface area contributed by atoms with Gasteiger partial charge in [-0.15, -0.1) is 13.8 Å². The molecule has 0 bridgehead atoms. The van der Waals surface area contributed by atoms with Gasteiger partial charge in [-0.25, -0.2) is 11.1 Å². The van der Waals surface area contributed by atoms with E-state index in [1.54, 1.807) is 10.8 Å². The molecule has 4 heteroatoms. The van der Waals surface area contributed by atoms with Gasteiger partial charge in [0.25, 0.3) is 0 Å². The Balaban J connectivity index is -0.000000167. The van der Waals surface area contributed by atoms with Crippen molar-refractivity contribution in [2.45, 2.75) is 130 Å². The van der Waals surface area contributed by atoms with Gasteiger partial charge in [-0.05, 0) is 10.6 Å². The van der Waals surface area contributed by atoms with Crippen molar-refractivity contribution in [3.05, 3.63) is 151 Å². The van der Waals surface area contributed by atoms with E-state index in [1.165, 1.54) is 39.5 Å². The summed E-state index contributed by atoms with van der Waals surface area (Å²) in [7, 11) is -3.61. The molecule has 0 saturated heterocycles. The van der Waals surface area contributed by atoms with Gasteiger partial charge in [0.1, 0.15) is 0 Å². The van der Waals surface area contributed by atoms with Crippen molar-refractivity contribution in [3.63, 3.8) is 0 Å². The molecule has 0 saturated carbocycles. The maximum Gasteiger partial charge on any atom is 4.00 e. The fraction of sp³-hybridized carbons (Fsp3) is 0.435. The molecule has 5 atom stereocenters. The first-order valence-corrected chi connectivity index (χ1v) is 21.1. The van der Waals surface area contributed by atoms with Gasteiger partial charge in [0.2, 0.25) is 0 Å². The molecule has 0 aliphatic heterocycles. The molecule has 0 aromatic heterocycles. The summed E-state index contributed by atoms with van der Waals surface area (Å²) in [6.07, 6.45) is 9.00. The van der Waals surface area contributed by atoms with Gasteiger partial charge < -0.3 is 44.6 Å². The fourth-order valence-electron chi connectivity index (χ4n) is 7.96. The number of allylic oxidation sites excluding steroid dienone is 8. The molecule has 0 nitrogen and oxygen atoms in total. The largest absolute Gasteiger partial charge is 4.00 e. The second kappa shape index (κ2) is 22.5. The summed E-state index contributed by atoms with van der Waals surface area (Å²) in [5.41, 5.74) is 9.38. The van der Waals surface area contributed by atoms with Crippen molar-refractivity contribution >= 4 is 26.5 Å². The van der Waals surface area contributed by atoms with Crippen LogP contribution >= 0.6 is 0 Å². The third kappa shape index (κ3) is 10.1. The van der Waals surface area contributed by atoms with Gasteiger partial charge in [-0.3, -0.25) is 12.2 Å². The normalized spacial score (nSPS) is 22.0. The maximum absolute atomic E-state index is 3.89. The van der Waals surface area contributed by atoms with Crippen LogP contribution in [0.2, 0.25) is 33.7 Å². The molecule has 2 aliphatic carbocycles. The minimum atomic E-state index is -1.85. The van der Waals surface area contributed by atoms with Crippen LogP contribution < -0.4 is 10.4 Å². The van der Waals surface area contributed by atoms with Gasteiger partial charge in [-0.1, -0.05) is 177 Å². The van der Waals surface area contributed by atoms with E-state index in [4.69, 9.17) is 0 Å². The predicted octanol–water partition coefficient (Wildman–Crippen LogP) is 14.0. The molecular weight excluding hydrogens is 704 g/mol. The molecule has 0 heterocycles. The molecule has 0 spiro atoms. The van der Waals surface area contributed by atoms with Gasteiger partial charge in [0.15, 0.2) is 0 Å². The Labute approximate surface area is 348 Å². The van der Waals surface area contributed by atoms with E-state index in [-0.39, 0.29) is 103 Å². The predicted molar refractivity (Wildman–Crippen MR) is 232 cm³/mol. The summed E-state index contributed by atoms with van der Waals surface area (Å²) in [5, 5.41) is 3.55. The molecule has 5 unspecified atom stereocenters. The molecule has 0 N–H and O–H groups in total. The summed E-state index contributed by atoms with van der Waals surface area (Å²) < 4.78 is 0. The SMILES string of the molecule is CC1=[C-]C(C)([Si](C)(c2ccccc2)C(C)(C)C)C(C)=C1C.CCC(C)[Si](C)(c1ccccc1)C1(C)[C-]=C(C)C(C)=C1C.[CH3-].[CH3-].[CH3-].[CH3-].[CH3-].[CH3-].[Ti+4].[Ti+4]. The molecule has 0 amide bonds. The zero-order valence-corrected chi connectivity index (χ0v) is 41.7. The van der Waals surface area contributed by atoms with Crippen LogP contribution in [-0.4, -0.2) is 16.1 Å². The second-order valence-electron chi connectivity index (χ2n) is 14.9. The quantitative estimate of drug-likeness (QED) is 0.202. The van der Waals surface area contributed by atoms with Crippen molar-refractivity contribution in [2.24, 2.45) is 0 Å². The zero-order chi connectivity index (χ0) is 31.9. The molecule has 2 aromatic carbocycles. The van der Waals surface area contributed by atoms with E-state index in [9.17, 15) is 0 Å². The minimum Gasteiger partial charge on any atom is -0.358 e. The molecule has 276 valence electrons. The van der Waals surface area contributed by atoms with Crippen LogP contribution in [0.4, 0.5) is 0 Å². The van der Waals surface area contributed by atoms with Crippen LogP contribution in [0.1, 0.15) is 96.4 Å². The van der Waals surface area contributed by atoms with Crippen molar-refractivity contribution in [1.29, 1.82) is 0 Å². The average Bonchev–Trinajstić information content (AvgIpc) is 3.30. The van der Waals surface area contributed by atoms with Gasteiger partial charge >= 0.3 is 43.4 Å². The molecule has 2 aliphatic rings. The monoisotopic (exact) mass is 780 g/mol. The molecule has 0 radical (unpaired) electrons. The Morgan fingerprint density at radius 1 is 0.600 bits per heavy atom. The first-order valence-electron chi connectivity index (χ1n) is 16.1. The summed E-state index contributed by atoms with van der Waals surface area (Å²) in [4.78, 5) is 0. The van der Waals surface area contributed by atoms with E-state index < -0.39 is 16.1 Å². The number of hydrogen-bond acceptors (Lipinski definition) is 0. The van der Waals surface area contributed by atoms with Crippen LogP contribution in [0.3, 0.4) is 0 Å². The summed E-state index contributed by atoms with van der Waals surface area (Å²) in [6, 6.07) is 22.4. The Kier molecular flexibility index (Phi) is 27.6. The summed E-state index contributed by atoms with van der Waals surface area (Å²) in [5.74, 6) is 0. The number of benzene rings is 2. The molecule has 4 rings (SSSR count). The minimum absolute atomic E-state index is 0. The van der Waals surface area contributed by atoms with Gasteiger partial charge in [-0.2, -0.15) is 22.3 Å². The number of hydrogen-bond donors (Lipinski definition) is 0. The zero-order valence-electron chi connectivity index (χ0n) is 36.6. The maximum atomic E-state index is 3.89. The van der Waals surface area contributed by atoms with E-state index in [1.807, 2.05) is 0 Å². The Morgan fingerprint density at radius 2 is 0.920 bits per heavy atom. The first-order chi connectivity index (χ1) is 19.3. The molecule has 50 heavy (non-hydrogen) atoms. The van der Waals surface area contributed by atoms with Crippen LogP contribution in [0.5, 0.6) is 0 Å². The van der Waals surface area contributed by atoms with Crippen LogP contribution in [0.15, 0.2) is 94.1 Å². The van der Waals surface area contributed by atoms with E-state index in [2.05, 4.69) is 176 Å². The molecule has 2 aromatic rings. The number of rotatable bonds is 6. The Morgan fingerprint density at radius 3 is 1.20 bits per heavy atom. The van der Waals surface area contributed by atoms with Crippen LogP contribution in [0, 0.1) is 56.7 Å². The summed E-state index contributed by atoms with van der Waals surface area (Å²) >= 11 is 0. The standard InChI is InChI=1S/2C20H29Si.6CH3.2Ti/c1-15-14-20(7,17(3)16(15)2)21(8,19(4,5)6)18-12-10-9-11-13-18;1-8-16(3)21(7,19-12-10-9-11-13-19)20(6)14-15(2)17(4)18(20)5;;;;;;;;/h9-13H,1-8H3;9-13,16H,8H2,1-7H3;6*1H3;;/q8*-1;2*+4. The van der Waals surface area contributed by atoms with E-state index in [0.29, 0.717) is 0 Å². The third-order valence-electron chi connectivity index (χ3n) is 12.5.